The Morgan fingerprint density at radius 2 is 1.78 bits per heavy atom. The van der Waals surface area contributed by atoms with E-state index in [1.165, 1.54) is 0 Å². The molecule has 7 heteroatoms. The van der Waals surface area contributed by atoms with Crippen molar-refractivity contribution in [1.29, 1.82) is 0 Å². The fourth-order valence-corrected chi connectivity index (χ4v) is 4.65. The third-order valence-corrected chi connectivity index (χ3v) is 6.45. The van der Waals surface area contributed by atoms with Crippen molar-refractivity contribution in [3.63, 3.8) is 0 Å². The van der Waals surface area contributed by atoms with E-state index in [2.05, 4.69) is 69.5 Å². The van der Waals surface area contributed by atoms with Crippen LogP contribution in [0.15, 0.2) is 90.1 Å². The number of benzene rings is 3. The van der Waals surface area contributed by atoms with Gasteiger partial charge in [0.1, 0.15) is 0 Å². The standard InChI is InChI=1S/C29H27N5O2/c1-35-29-12-11-21(19-30-29)32-24-17-26-28(18-25(24)31-20-13-15-36-16-14-20)34(22-7-3-2-4-8-22)27-10-6-5-9-23(27)33-26/h2-12,17-20,32H,13-16H2,1H3/b31-25+. The average molecular weight is 478 g/mol. The van der Waals surface area contributed by atoms with E-state index in [9.17, 15) is 0 Å². The van der Waals surface area contributed by atoms with E-state index >= 15 is 0 Å². The molecule has 3 aromatic rings. The Balaban J connectivity index is 1.58. The number of fused-ring (bicyclic) bond motifs is 2. The summed E-state index contributed by atoms with van der Waals surface area (Å²) in [5.74, 6) is 0.572. The molecule has 0 atom stereocenters. The Labute approximate surface area is 209 Å². The van der Waals surface area contributed by atoms with Crippen LogP contribution in [0.4, 0.5) is 11.4 Å². The number of hydrogen-bond acceptors (Lipinski definition) is 6. The molecule has 0 saturated carbocycles. The fraction of sp³-hybridized carbons (Fsp3) is 0.207. The van der Waals surface area contributed by atoms with Crippen molar-refractivity contribution < 1.29 is 9.47 Å². The van der Waals surface area contributed by atoms with E-state index in [4.69, 9.17) is 19.5 Å². The SMILES string of the molecule is COc1ccc(Nc2cc3nc4ccccc4n(-c4ccccc4)c-3c/c2=N\C2CCOCC2)cn1. The molecule has 1 saturated heterocycles. The molecule has 0 radical (unpaired) electrons. The van der Waals surface area contributed by atoms with Gasteiger partial charge in [-0.2, -0.15) is 0 Å². The van der Waals surface area contributed by atoms with E-state index in [0.29, 0.717) is 5.88 Å². The Bertz CT molecular complexity index is 1520. The largest absolute Gasteiger partial charge is 0.481 e. The monoisotopic (exact) mass is 477 g/mol. The number of ether oxygens (including phenoxy) is 2. The normalized spacial score (nSPS) is 14.9. The van der Waals surface area contributed by atoms with Crippen molar-refractivity contribution in [3.05, 3.63) is 90.4 Å². The molecule has 180 valence electrons. The van der Waals surface area contributed by atoms with Gasteiger partial charge < -0.3 is 19.4 Å². The topological polar surface area (TPSA) is 73.6 Å². The molecular formula is C29H27N5O2. The molecule has 3 heterocycles. The van der Waals surface area contributed by atoms with Crippen LogP contribution in [0.25, 0.3) is 28.1 Å². The van der Waals surface area contributed by atoms with Gasteiger partial charge >= 0.3 is 0 Å². The molecule has 2 aromatic carbocycles. The summed E-state index contributed by atoms with van der Waals surface area (Å²) in [6.45, 7) is 1.48. The van der Waals surface area contributed by atoms with Gasteiger partial charge in [0.05, 0.1) is 58.5 Å². The lowest BCUT2D eigenvalue weighted by Gasteiger charge is -2.22. The van der Waals surface area contributed by atoms with Crippen molar-refractivity contribution in [2.75, 3.05) is 25.6 Å². The van der Waals surface area contributed by atoms with Crippen LogP contribution in [0.1, 0.15) is 12.8 Å². The first kappa shape index (κ1) is 22.2. The second-order valence-electron chi connectivity index (χ2n) is 8.82. The van der Waals surface area contributed by atoms with Crippen LogP contribution >= 0.6 is 0 Å². The number of rotatable bonds is 5. The van der Waals surface area contributed by atoms with E-state index in [1.807, 2.05) is 24.3 Å². The maximum Gasteiger partial charge on any atom is 0.213 e. The number of aromatic nitrogens is 3. The second kappa shape index (κ2) is 9.79. The van der Waals surface area contributed by atoms with Crippen molar-refractivity contribution in [3.8, 4) is 23.0 Å². The number of methoxy groups -OCH3 is 1. The molecule has 0 amide bonds. The van der Waals surface area contributed by atoms with E-state index in [-0.39, 0.29) is 6.04 Å². The first-order valence-electron chi connectivity index (χ1n) is 12.2. The minimum Gasteiger partial charge on any atom is -0.481 e. The van der Waals surface area contributed by atoms with Gasteiger partial charge in [-0.3, -0.25) is 4.99 Å². The number of pyridine rings is 1. The summed E-state index contributed by atoms with van der Waals surface area (Å²) in [6, 6.07) is 26.9. The van der Waals surface area contributed by atoms with Gasteiger partial charge in [0.25, 0.3) is 0 Å². The van der Waals surface area contributed by atoms with Crippen LogP contribution in [-0.4, -0.2) is 40.9 Å². The molecule has 6 rings (SSSR count). The highest BCUT2D eigenvalue weighted by molar-refractivity contribution is 5.84. The van der Waals surface area contributed by atoms with Crippen LogP contribution < -0.4 is 15.4 Å². The summed E-state index contributed by atoms with van der Waals surface area (Å²) in [5.41, 5.74) is 6.70. The van der Waals surface area contributed by atoms with Gasteiger partial charge in [0.2, 0.25) is 5.88 Å². The molecule has 2 aliphatic heterocycles. The molecule has 1 fully saturated rings. The Morgan fingerprint density at radius 3 is 2.56 bits per heavy atom. The minimum absolute atomic E-state index is 0.212. The van der Waals surface area contributed by atoms with E-state index in [0.717, 1.165) is 70.9 Å². The minimum atomic E-state index is 0.212. The lowest BCUT2D eigenvalue weighted by atomic mass is 10.1. The number of hydrogen-bond donors (Lipinski definition) is 1. The number of nitrogens with one attached hydrogen (secondary N) is 1. The van der Waals surface area contributed by atoms with Crippen molar-refractivity contribution in [2.45, 2.75) is 18.9 Å². The Kier molecular flexibility index (Phi) is 6.05. The molecule has 36 heavy (non-hydrogen) atoms. The van der Waals surface area contributed by atoms with Crippen molar-refractivity contribution >= 4 is 22.4 Å². The molecule has 0 bridgehead atoms. The van der Waals surface area contributed by atoms with Crippen LogP contribution in [-0.2, 0) is 4.74 Å². The molecule has 0 unspecified atom stereocenters. The second-order valence-corrected chi connectivity index (χ2v) is 8.82. The van der Waals surface area contributed by atoms with Crippen LogP contribution in [0.3, 0.4) is 0 Å². The summed E-state index contributed by atoms with van der Waals surface area (Å²) in [5, 5.41) is 4.42. The van der Waals surface area contributed by atoms with E-state index in [1.54, 1.807) is 13.3 Å². The number of para-hydroxylation sites is 3. The fourth-order valence-electron chi connectivity index (χ4n) is 4.65. The predicted molar refractivity (Wildman–Crippen MR) is 141 cm³/mol. The third-order valence-electron chi connectivity index (χ3n) is 6.45. The first-order chi connectivity index (χ1) is 17.8. The van der Waals surface area contributed by atoms with Gasteiger partial charge in [0, 0.05) is 25.0 Å². The third kappa shape index (κ3) is 4.41. The Hall–Kier alpha value is -4.23. The lowest BCUT2D eigenvalue weighted by molar-refractivity contribution is 0.0864. The van der Waals surface area contributed by atoms with Crippen LogP contribution in [0, 0.1) is 0 Å². The molecule has 7 nitrogen and oxygen atoms in total. The summed E-state index contributed by atoms with van der Waals surface area (Å²) in [6.07, 6.45) is 3.59. The molecule has 1 aromatic heterocycles. The van der Waals surface area contributed by atoms with Gasteiger partial charge in [-0.1, -0.05) is 30.3 Å². The summed E-state index contributed by atoms with van der Waals surface area (Å²) in [7, 11) is 1.61. The van der Waals surface area contributed by atoms with E-state index < -0.39 is 0 Å². The van der Waals surface area contributed by atoms with Crippen LogP contribution in [0.5, 0.6) is 5.88 Å². The van der Waals surface area contributed by atoms with Gasteiger partial charge in [0.15, 0.2) is 0 Å². The summed E-state index contributed by atoms with van der Waals surface area (Å²) in [4.78, 5) is 14.6. The zero-order valence-electron chi connectivity index (χ0n) is 20.1. The van der Waals surface area contributed by atoms with Gasteiger partial charge in [-0.25, -0.2) is 9.97 Å². The van der Waals surface area contributed by atoms with Gasteiger partial charge in [-0.15, -0.1) is 0 Å². The molecular weight excluding hydrogens is 450 g/mol. The Morgan fingerprint density at radius 1 is 0.972 bits per heavy atom. The molecule has 0 spiro atoms. The van der Waals surface area contributed by atoms with Crippen molar-refractivity contribution in [1.82, 2.24) is 14.5 Å². The number of nitrogens with zero attached hydrogens (tertiary/aromatic N) is 4. The molecule has 1 aliphatic carbocycles. The molecule has 3 aliphatic rings. The highest BCUT2D eigenvalue weighted by Gasteiger charge is 2.18. The molecule has 1 N–H and O–H groups in total. The van der Waals surface area contributed by atoms with Crippen molar-refractivity contribution in [2.24, 2.45) is 4.99 Å². The number of anilines is 2. The first-order valence-corrected chi connectivity index (χ1v) is 12.2. The van der Waals surface area contributed by atoms with Crippen LogP contribution in [0.2, 0.25) is 0 Å². The maximum atomic E-state index is 5.57. The quantitative estimate of drug-likeness (QED) is 0.345. The summed E-state index contributed by atoms with van der Waals surface area (Å²) < 4.78 is 13.0. The summed E-state index contributed by atoms with van der Waals surface area (Å²) >= 11 is 0. The zero-order valence-corrected chi connectivity index (χ0v) is 20.1. The lowest BCUT2D eigenvalue weighted by Crippen LogP contribution is -2.23. The average Bonchev–Trinajstić information content (AvgIpc) is 2.93. The van der Waals surface area contributed by atoms with Gasteiger partial charge in [-0.05, 0) is 55.3 Å². The maximum absolute atomic E-state index is 5.57. The smallest absolute Gasteiger partial charge is 0.213 e. The zero-order chi connectivity index (χ0) is 24.3. The highest BCUT2D eigenvalue weighted by Crippen LogP contribution is 2.30. The predicted octanol–water partition coefficient (Wildman–Crippen LogP) is 5.36. The highest BCUT2D eigenvalue weighted by atomic mass is 16.5.